The topological polar surface area (TPSA) is 35.8 Å². The SMILES string of the molecule is N#Cc1cccc(CNCC2CC=CCC2)c1. The van der Waals surface area contributed by atoms with Crippen molar-refractivity contribution in [1.82, 2.24) is 5.32 Å². The summed E-state index contributed by atoms with van der Waals surface area (Å²) in [5.41, 5.74) is 1.93. The van der Waals surface area contributed by atoms with Gasteiger partial charge in [-0.25, -0.2) is 0 Å². The number of nitrogens with zero attached hydrogens (tertiary/aromatic N) is 1. The van der Waals surface area contributed by atoms with E-state index in [0.717, 1.165) is 24.6 Å². The van der Waals surface area contributed by atoms with Crippen LogP contribution in [0.4, 0.5) is 0 Å². The highest BCUT2D eigenvalue weighted by Crippen LogP contribution is 2.17. The van der Waals surface area contributed by atoms with Crippen LogP contribution in [-0.2, 0) is 6.54 Å². The molecule has 2 nitrogen and oxygen atoms in total. The van der Waals surface area contributed by atoms with Crippen LogP contribution in [0.1, 0.15) is 30.4 Å². The summed E-state index contributed by atoms with van der Waals surface area (Å²) in [6.45, 7) is 1.93. The lowest BCUT2D eigenvalue weighted by Crippen LogP contribution is -2.23. The first-order valence-corrected chi connectivity index (χ1v) is 6.23. The van der Waals surface area contributed by atoms with Crippen LogP contribution in [0.3, 0.4) is 0 Å². The van der Waals surface area contributed by atoms with Crippen LogP contribution in [0.15, 0.2) is 36.4 Å². The van der Waals surface area contributed by atoms with E-state index in [1.807, 2.05) is 18.2 Å². The van der Waals surface area contributed by atoms with E-state index in [2.05, 4.69) is 29.6 Å². The van der Waals surface area contributed by atoms with Crippen LogP contribution in [0.25, 0.3) is 0 Å². The molecule has 1 aromatic rings. The maximum Gasteiger partial charge on any atom is 0.0991 e. The number of benzene rings is 1. The smallest absolute Gasteiger partial charge is 0.0991 e. The molecule has 0 radical (unpaired) electrons. The van der Waals surface area contributed by atoms with Crippen molar-refractivity contribution in [1.29, 1.82) is 5.26 Å². The van der Waals surface area contributed by atoms with Crippen molar-refractivity contribution in [2.45, 2.75) is 25.8 Å². The number of nitriles is 1. The zero-order chi connectivity index (χ0) is 11.9. The minimum Gasteiger partial charge on any atom is -0.312 e. The van der Waals surface area contributed by atoms with Gasteiger partial charge in [-0.3, -0.25) is 0 Å². The first-order valence-electron chi connectivity index (χ1n) is 6.23. The zero-order valence-electron chi connectivity index (χ0n) is 10.0. The van der Waals surface area contributed by atoms with Gasteiger partial charge in [-0.2, -0.15) is 5.26 Å². The third-order valence-corrected chi connectivity index (χ3v) is 3.20. The number of hydrogen-bond donors (Lipinski definition) is 1. The molecule has 1 unspecified atom stereocenters. The number of rotatable bonds is 4. The van der Waals surface area contributed by atoms with E-state index in [4.69, 9.17) is 5.26 Å². The fourth-order valence-corrected chi connectivity index (χ4v) is 2.21. The molecule has 0 bridgehead atoms. The fraction of sp³-hybridized carbons (Fsp3) is 0.400. The lowest BCUT2D eigenvalue weighted by atomic mass is 9.94. The van der Waals surface area contributed by atoms with Crippen molar-refractivity contribution in [3.8, 4) is 6.07 Å². The second kappa shape index (κ2) is 6.22. The summed E-state index contributed by atoms with van der Waals surface area (Å²) >= 11 is 0. The standard InChI is InChI=1S/C15H18N2/c16-10-14-7-4-8-15(9-14)12-17-11-13-5-2-1-3-6-13/h1-2,4,7-9,13,17H,3,5-6,11-12H2. The van der Waals surface area contributed by atoms with E-state index < -0.39 is 0 Å². The molecule has 1 aliphatic carbocycles. The lowest BCUT2D eigenvalue weighted by Gasteiger charge is -2.18. The molecule has 0 heterocycles. The Hall–Kier alpha value is -1.59. The third-order valence-electron chi connectivity index (χ3n) is 3.20. The first-order chi connectivity index (χ1) is 8.38. The summed E-state index contributed by atoms with van der Waals surface area (Å²) in [6.07, 6.45) is 8.27. The zero-order valence-corrected chi connectivity index (χ0v) is 10.0. The first kappa shape index (κ1) is 11.9. The molecule has 1 aliphatic rings. The summed E-state index contributed by atoms with van der Waals surface area (Å²) in [5.74, 6) is 0.777. The van der Waals surface area contributed by atoms with Crippen LogP contribution in [0.5, 0.6) is 0 Å². The van der Waals surface area contributed by atoms with Crippen LogP contribution < -0.4 is 5.32 Å². The maximum absolute atomic E-state index is 8.81. The maximum atomic E-state index is 8.81. The van der Waals surface area contributed by atoms with Gasteiger partial charge in [0.2, 0.25) is 0 Å². The van der Waals surface area contributed by atoms with Gasteiger partial charge in [-0.1, -0.05) is 24.3 Å². The highest BCUT2D eigenvalue weighted by molar-refractivity contribution is 5.32. The molecule has 17 heavy (non-hydrogen) atoms. The van der Waals surface area contributed by atoms with E-state index in [1.165, 1.54) is 24.8 Å². The van der Waals surface area contributed by atoms with E-state index in [0.29, 0.717) is 0 Å². The van der Waals surface area contributed by atoms with Gasteiger partial charge in [0, 0.05) is 6.54 Å². The molecule has 1 atom stereocenters. The van der Waals surface area contributed by atoms with Gasteiger partial charge in [-0.15, -0.1) is 0 Å². The highest BCUT2D eigenvalue weighted by Gasteiger charge is 2.08. The molecule has 1 aromatic carbocycles. The Kier molecular flexibility index (Phi) is 4.35. The predicted molar refractivity (Wildman–Crippen MR) is 69.3 cm³/mol. The van der Waals surface area contributed by atoms with E-state index in [1.54, 1.807) is 0 Å². The molecule has 0 saturated carbocycles. The van der Waals surface area contributed by atoms with Crippen LogP contribution >= 0.6 is 0 Å². The van der Waals surface area contributed by atoms with Crippen molar-refractivity contribution in [3.63, 3.8) is 0 Å². The van der Waals surface area contributed by atoms with Gasteiger partial charge < -0.3 is 5.32 Å². The Morgan fingerprint density at radius 3 is 3.06 bits per heavy atom. The van der Waals surface area contributed by atoms with Crippen molar-refractivity contribution in [2.75, 3.05) is 6.54 Å². The van der Waals surface area contributed by atoms with Gasteiger partial charge in [-0.05, 0) is 49.4 Å². The van der Waals surface area contributed by atoms with Crippen LogP contribution in [0, 0.1) is 17.2 Å². The van der Waals surface area contributed by atoms with Crippen molar-refractivity contribution in [3.05, 3.63) is 47.5 Å². The second-order valence-electron chi connectivity index (χ2n) is 4.59. The van der Waals surface area contributed by atoms with E-state index >= 15 is 0 Å². The molecule has 0 fully saturated rings. The van der Waals surface area contributed by atoms with Crippen molar-refractivity contribution < 1.29 is 0 Å². The molecule has 0 amide bonds. The minimum atomic E-state index is 0.741. The van der Waals surface area contributed by atoms with Gasteiger partial charge in [0.25, 0.3) is 0 Å². The number of allylic oxidation sites excluding steroid dienone is 2. The molecule has 88 valence electrons. The fourth-order valence-electron chi connectivity index (χ4n) is 2.21. The Morgan fingerprint density at radius 1 is 1.35 bits per heavy atom. The monoisotopic (exact) mass is 226 g/mol. The molecule has 1 N–H and O–H groups in total. The minimum absolute atomic E-state index is 0.741. The summed E-state index contributed by atoms with van der Waals surface area (Å²) < 4.78 is 0. The molecular weight excluding hydrogens is 208 g/mol. The summed E-state index contributed by atoms with van der Waals surface area (Å²) in [7, 11) is 0. The van der Waals surface area contributed by atoms with Gasteiger partial charge >= 0.3 is 0 Å². The van der Waals surface area contributed by atoms with E-state index in [-0.39, 0.29) is 0 Å². The average molecular weight is 226 g/mol. The van der Waals surface area contributed by atoms with Crippen LogP contribution in [-0.4, -0.2) is 6.54 Å². The van der Waals surface area contributed by atoms with Gasteiger partial charge in [0.1, 0.15) is 0 Å². The molecular formula is C15H18N2. The van der Waals surface area contributed by atoms with Crippen LogP contribution in [0.2, 0.25) is 0 Å². The Morgan fingerprint density at radius 2 is 2.29 bits per heavy atom. The van der Waals surface area contributed by atoms with E-state index in [9.17, 15) is 0 Å². The number of hydrogen-bond acceptors (Lipinski definition) is 2. The highest BCUT2D eigenvalue weighted by atomic mass is 14.9. The Bertz CT molecular complexity index is 429. The van der Waals surface area contributed by atoms with Crippen molar-refractivity contribution in [2.24, 2.45) is 5.92 Å². The Balaban J connectivity index is 1.77. The summed E-state index contributed by atoms with van der Waals surface area (Å²) in [6, 6.07) is 9.97. The largest absolute Gasteiger partial charge is 0.312 e. The quantitative estimate of drug-likeness (QED) is 0.801. The normalized spacial score (nSPS) is 18.9. The lowest BCUT2D eigenvalue weighted by molar-refractivity contribution is 0.440. The molecule has 0 spiro atoms. The Labute approximate surface area is 103 Å². The summed E-state index contributed by atoms with van der Waals surface area (Å²) in [5, 5.41) is 12.3. The second-order valence-corrected chi connectivity index (χ2v) is 4.59. The molecule has 2 rings (SSSR count). The summed E-state index contributed by atoms with van der Waals surface area (Å²) in [4.78, 5) is 0. The average Bonchev–Trinajstić information content (AvgIpc) is 2.40. The van der Waals surface area contributed by atoms with Gasteiger partial charge in [0.05, 0.1) is 11.6 Å². The molecule has 0 saturated heterocycles. The predicted octanol–water partition coefficient (Wildman–Crippen LogP) is 3.00. The van der Waals surface area contributed by atoms with Crippen molar-refractivity contribution >= 4 is 0 Å². The molecule has 2 heteroatoms. The van der Waals surface area contributed by atoms with Gasteiger partial charge in [0.15, 0.2) is 0 Å². The molecule has 0 aromatic heterocycles. The number of nitrogens with one attached hydrogen (secondary N) is 1. The molecule has 0 aliphatic heterocycles. The third kappa shape index (κ3) is 3.72.